The molecule has 0 amide bonds. The van der Waals surface area contributed by atoms with Gasteiger partial charge in [0.15, 0.2) is 6.10 Å². The van der Waals surface area contributed by atoms with Gasteiger partial charge in [-0.2, -0.15) is 0 Å². The molecule has 0 aromatic heterocycles. The van der Waals surface area contributed by atoms with Gasteiger partial charge in [-0.15, -0.1) is 0 Å². The van der Waals surface area contributed by atoms with Crippen LogP contribution in [0.1, 0.15) is 226 Å². The molecular weight excluding hydrogens is 711 g/mol. The number of ether oxygens (including phenoxy) is 2. The van der Waals surface area contributed by atoms with Gasteiger partial charge in [0, 0.05) is 12.8 Å². The highest BCUT2D eigenvalue weighted by molar-refractivity contribution is 7.46. The smallest absolute Gasteiger partial charge is 0.462 e. The number of carbonyl (C=O) groups is 2. The number of phosphoric ester groups is 1. The maximum Gasteiger partial charge on any atom is 0.469 e. The number of allylic oxidation sites excluding steroid dienone is 6. The van der Waals surface area contributed by atoms with E-state index in [0.717, 1.165) is 57.8 Å². The molecule has 0 spiro atoms. The average Bonchev–Trinajstić information content (AvgIpc) is 3.16. The van der Waals surface area contributed by atoms with Crippen LogP contribution in [-0.4, -0.2) is 41.0 Å². The molecular formula is C46H85O8P. The Balaban J connectivity index is 3.79. The van der Waals surface area contributed by atoms with E-state index in [1.807, 2.05) is 0 Å². The summed E-state index contributed by atoms with van der Waals surface area (Å²) in [5.74, 6) is -0.911. The second-order valence-corrected chi connectivity index (χ2v) is 16.6. The summed E-state index contributed by atoms with van der Waals surface area (Å²) in [5, 5.41) is 0. The number of phosphoric acid groups is 1. The molecule has 0 aliphatic carbocycles. The molecule has 0 bridgehead atoms. The summed E-state index contributed by atoms with van der Waals surface area (Å²) in [6.45, 7) is 3.57. The molecule has 0 heterocycles. The molecule has 0 aliphatic rings. The number of esters is 2. The Morgan fingerprint density at radius 2 is 0.873 bits per heavy atom. The van der Waals surface area contributed by atoms with Crippen molar-refractivity contribution < 1.29 is 37.9 Å². The lowest BCUT2D eigenvalue weighted by molar-refractivity contribution is -0.161. The average molecular weight is 797 g/mol. The zero-order valence-corrected chi connectivity index (χ0v) is 36.5. The van der Waals surface area contributed by atoms with Crippen molar-refractivity contribution in [3.63, 3.8) is 0 Å². The molecule has 9 heteroatoms. The van der Waals surface area contributed by atoms with Crippen LogP contribution in [0.4, 0.5) is 0 Å². The van der Waals surface area contributed by atoms with Crippen LogP contribution >= 0.6 is 7.82 Å². The first-order valence-corrected chi connectivity index (χ1v) is 24.3. The second kappa shape index (κ2) is 41.9. The summed E-state index contributed by atoms with van der Waals surface area (Å²) in [5.41, 5.74) is 0. The standard InChI is InChI=1S/C46H85O8P/c1-3-5-7-9-11-13-15-17-18-19-20-21-22-23-24-25-26-27-29-30-32-34-36-38-40-45(47)52-42-44(43-53-55(49,50)51)54-46(48)41-39-37-35-33-31-28-16-14-12-10-8-6-4-2/h6,8,12,14,28,31,44H,3-5,7,9-11,13,15-27,29-30,32-43H2,1-2H3,(H2,49,50,51)/b8-6-,14-12-,31-28-. The Morgan fingerprint density at radius 1 is 0.491 bits per heavy atom. The number of hydrogen-bond acceptors (Lipinski definition) is 6. The normalized spacial score (nSPS) is 12.7. The van der Waals surface area contributed by atoms with Crippen LogP contribution in [0.25, 0.3) is 0 Å². The molecule has 0 saturated heterocycles. The second-order valence-electron chi connectivity index (χ2n) is 15.4. The monoisotopic (exact) mass is 797 g/mol. The lowest BCUT2D eigenvalue weighted by Crippen LogP contribution is -2.29. The van der Waals surface area contributed by atoms with Crippen molar-refractivity contribution in [2.24, 2.45) is 0 Å². The van der Waals surface area contributed by atoms with E-state index < -0.39 is 32.5 Å². The topological polar surface area (TPSA) is 119 Å². The Hall–Kier alpha value is -1.73. The SMILES string of the molecule is CC/C=C\C/C=C\C/C=C\CCCCCC(=O)OC(COC(=O)CCCCCCCCCCCCCCCCCCCCCCCCCC)COP(=O)(O)O. The van der Waals surface area contributed by atoms with Crippen molar-refractivity contribution in [3.05, 3.63) is 36.5 Å². The maximum absolute atomic E-state index is 12.4. The van der Waals surface area contributed by atoms with E-state index >= 15 is 0 Å². The van der Waals surface area contributed by atoms with Gasteiger partial charge >= 0.3 is 19.8 Å². The zero-order valence-electron chi connectivity index (χ0n) is 35.6. The van der Waals surface area contributed by atoms with E-state index in [1.165, 1.54) is 135 Å². The summed E-state index contributed by atoms with van der Waals surface area (Å²) < 4.78 is 26.4. The van der Waals surface area contributed by atoms with Gasteiger partial charge in [0.25, 0.3) is 0 Å². The number of hydrogen-bond donors (Lipinski definition) is 2. The van der Waals surface area contributed by atoms with E-state index in [2.05, 4.69) is 54.8 Å². The molecule has 55 heavy (non-hydrogen) atoms. The summed E-state index contributed by atoms with van der Waals surface area (Å²) >= 11 is 0. The minimum Gasteiger partial charge on any atom is -0.462 e. The highest BCUT2D eigenvalue weighted by atomic mass is 31.2. The molecule has 0 radical (unpaired) electrons. The van der Waals surface area contributed by atoms with E-state index in [0.29, 0.717) is 6.42 Å². The molecule has 2 N–H and O–H groups in total. The van der Waals surface area contributed by atoms with Crippen molar-refractivity contribution >= 4 is 19.8 Å². The highest BCUT2D eigenvalue weighted by Gasteiger charge is 2.22. The van der Waals surface area contributed by atoms with Crippen molar-refractivity contribution in [3.8, 4) is 0 Å². The molecule has 0 saturated carbocycles. The van der Waals surface area contributed by atoms with Crippen LogP contribution < -0.4 is 0 Å². The minimum atomic E-state index is -4.76. The fraction of sp³-hybridized carbons (Fsp3) is 0.826. The molecule has 8 nitrogen and oxygen atoms in total. The first-order chi connectivity index (χ1) is 26.8. The Kier molecular flexibility index (Phi) is 40.6. The van der Waals surface area contributed by atoms with Gasteiger partial charge in [-0.05, 0) is 44.9 Å². The van der Waals surface area contributed by atoms with Gasteiger partial charge in [0.2, 0.25) is 0 Å². The number of rotatable bonds is 42. The fourth-order valence-electron chi connectivity index (χ4n) is 6.57. The van der Waals surface area contributed by atoms with Crippen LogP contribution in [0.5, 0.6) is 0 Å². The van der Waals surface area contributed by atoms with Gasteiger partial charge in [0.05, 0.1) is 6.61 Å². The summed E-state index contributed by atoms with van der Waals surface area (Å²) in [4.78, 5) is 42.9. The van der Waals surface area contributed by atoms with Crippen LogP contribution in [0.15, 0.2) is 36.5 Å². The molecule has 0 aromatic rings. The van der Waals surface area contributed by atoms with E-state index in [-0.39, 0.29) is 19.4 Å². The summed E-state index contributed by atoms with van der Waals surface area (Å²) in [6, 6.07) is 0. The Labute approximate surface area is 338 Å². The third-order valence-corrected chi connectivity index (χ3v) is 10.4. The van der Waals surface area contributed by atoms with Gasteiger partial charge in [0.1, 0.15) is 6.61 Å². The molecule has 0 fully saturated rings. The maximum atomic E-state index is 12.4. The number of carbonyl (C=O) groups excluding carboxylic acids is 2. The van der Waals surface area contributed by atoms with Gasteiger partial charge in [-0.1, -0.05) is 204 Å². The molecule has 0 aromatic carbocycles. The van der Waals surface area contributed by atoms with Gasteiger partial charge < -0.3 is 19.3 Å². The van der Waals surface area contributed by atoms with Crippen LogP contribution in [0, 0.1) is 0 Å². The molecule has 0 rings (SSSR count). The zero-order chi connectivity index (χ0) is 40.3. The van der Waals surface area contributed by atoms with Crippen LogP contribution in [-0.2, 0) is 28.2 Å². The largest absolute Gasteiger partial charge is 0.469 e. The first kappa shape index (κ1) is 53.3. The number of unbranched alkanes of at least 4 members (excludes halogenated alkanes) is 26. The molecule has 322 valence electrons. The minimum absolute atomic E-state index is 0.178. The fourth-order valence-corrected chi connectivity index (χ4v) is 6.93. The van der Waals surface area contributed by atoms with E-state index in [1.54, 1.807) is 0 Å². The predicted octanol–water partition coefficient (Wildman–Crippen LogP) is 14.1. The van der Waals surface area contributed by atoms with Crippen LogP contribution in [0.3, 0.4) is 0 Å². The molecule has 0 aliphatic heterocycles. The van der Waals surface area contributed by atoms with Crippen molar-refractivity contribution in [2.75, 3.05) is 13.2 Å². The van der Waals surface area contributed by atoms with Crippen molar-refractivity contribution in [2.45, 2.75) is 232 Å². The van der Waals surface area contributed by atoms with Crippen molar-refractivity contribution in [1.29, 1.82) is 0 Å². The quantitative estimate of drug-likeness (QED) is 0.0271. The van der Waals surface area contributed by atoms with E-state index in [9.17, 15) is 14.2 Å². The highest BCUT2D eigenvalue weighted by Crippen LogP contribution is 2.36. The molecule has 1 unspecified atom stereocenters. The Morgan fingerprint density at radius 3 is 1.31 bits per heavy atom. The third-order valence-electron chi connectivity index (χ3n) is 9.92. The summed E-state index contributed by atoms with van der Waals surface area (Å²) in [7, 11) is -4.76. The van der Waals surface area contributed by atoms with Crippen LogP contribution in [0.2, 0.25) is 0 Å². The lowest BCUT2D eigenvalue weighted by Gasteiger charge is -2.18. The Bertz CT molecular complexity index is 988. The summed E-state index contributed by atoms with van der Waals surface area (Å²) in [6.07, 6.45) is 50.3. The van der Waals surface area contributed by atoms with E-state index in [4.69, 9.17) is 19.3 Å². The third kappa shape index (κ3) is 44.8. The molecule has 1 atom stereocenters. The van der Waals surface area contributed by atoms with Crippen molar-refractivity contribution in [1.82, 2.24) is 0 Å². The first-order valence-electron chi connectivity index (χ1n) is 22.8. The van der Waals surface area contributed by atoms with Gasteiger partial charge in [-0.25, -0.2) is 4.57 Å². The predicted molar refractivity (Wildman–Crippen MR) is 230 cm³/mol. The lowest BCUT2D eigenvalue weighted by atomic mass is 10.0. The van der Waals surface area contributed by atoms with Gasteiger partial charge in [-0.3, -0.25) is 14.1 Å².